The molecular formula is C9H15N3O3S. The number of hydrogen-bond acceptors (Lipinski definition) is 6. The van der Waals surface area contributed by atoms with Gasteiger partial charge in [-0.2, -0.15) is 4.98 Å². The van der Waals surface area contributed by atoms with E-state index in [1.807, 2.05) is 0 Å². The summed E-state index contributed by atoms with van der Waals surface area (Å²) >= 11 is 0. The SMILES string of the molecule is CS(=O)(=O)Cc1noc(CC2(N)CCC2)n1. The quantitative estimate of drug-likeness (QED) is 0.804. The van der Waals surface area contributed by atoms with E-state index >= 15 is 0 Å². The summed E-state index contributed by atoms with van der Waals surface area (Å²) in [7, 11) is -3.12. The van der Waals surface area contributed by atoms with Gasteiger partial charge < -0.3 is 10.3 Å². The zero-order chi connectivity index (χ0) is 11.8. The Morgan fingerprint density at radius 1 is 1.50 bits per heavy atom. The van der Waals surface area contributed by atoms with Crippen LogP contribution in [-0.4, -0.2) is 30.4 Å². The fraction of sp³-hybridized carbons (Fsp3) is 0.778. The van der Waals surface area contributed by atoms with E-state index in [1.165, 1.54) is 0 Å². The lowest BCUT2D eigenvalue weighted by Crippen LogP contribution is -2.48. The lowest BCUT2D eigenvalue weighted by molar-refractivity contribution is 0.221. The van der Waals surface area contributed by atoms with Crippen molar-refractivity contribution >= 4 is 9.84 Å². The van der Waals surface area contributed by atoms with E-state index in [2.05, 4.69) is 10.1 Å². The minimum absolute atomic E-state index is 0.186. The van der Waals surface area contributed by atoms with Crippen molar-refractivity contribution < 1.29 is 12.9 Å². The standard InChI is InChI=1S/C9H15N3O3S/c1-16(13,14)6-7-11-8(15-12-7)5-9(10)3-2-4-9/h2-6,10H2,1H3. The Morgan fingerprint density at radius 2 is 2.19 bits per heavy atom. The first kappa shape index (κ1) is 11.5. The van der Waals surface area contributed by atoms with Crippen molar-refractivity contribution in [1.82, 2.24) is 10.1 Å². The van der Waals surface area contributed by atoms with Crippen LogP contribution in [0.2, 0.25) is 0 Å². The van der Waals surface area contributed by atoms with Crippen LogP contribution >= 0.6 is 0 Å². The van der Waals surface area contributed by atoms with Crippen molar-refractivity contribution in [1.29, 1.82) is 0 Å². The smallest absolute Gasteiger partial charge is 0.228 e. The molecule has 2 N–H and O–H groups in total. The summed E-state index contributed by atoms with van der Waals surface area (Å²) in [4.78, 5) is 4.03. The fourth-order valence-corrected chi connectivity index (χ4v) is 2.35. The Labute approximate surface area is 94.1 Å². The van der Waals surface area contributed by atoms with Crippen LogP contribution in [0.5, 0.6) is 0 Å². The molecule has 7 heteroatoms. The van der Waals surface area contributed by atoms with Crippen LogP contribution in [0.4, 0.5) is 0 Å². The van der Waals surface area contributed by atoms with Crippen molar-refractivity contribution in [3.8, 4) is 0 Å². The molecule has 1 aliphatic carbocycles. The number of rotatable bonds is 4. The molecule has 90 valence electrons. The highest BCUT2D eigenvalue weighted by Gasteiger charge is 2.34. The zero-order valence-electron chi connectivity index (χ0n) is 9.14. The van der Waals surface area contributed by atoms with Gasteiger partial charge in [-0.25, -0.2) is 8.42 Å². The molecule has 1 aliphatic rings. The molecule has 0 bridgehead atoms. The van der Waals surface area contributed by atoms with Gasteiger partial charge in [-0.3, -0.25) is 0 Å². The van der Waals surface area contributed by atoms with Gasteiger partial charge in [0.2, 0.25) is 5.89 Å². The van der Waals surface area contributed by atoms with Crippen molar-refractivity contribution in [2.75, 3.05) is 6.26 Å². The van der Waals surface area contributed by atoms with Gasteiger partial charge in [-0.1, -0.05) is 5.16 Å². The molecule has 2 rings (SSSR count). The second kappa shape index (κ2) is 3.81. The summed E-state index contributed by atoms with van der Waals surface area (Å²) < 4.78 is 27.0. The van der Waals surface area contributed by atoms with E-state index in [4.69, 9.17) is 10.3 Å². The topological polar surface area (TPSA) is 99.1 Å². The van der Waals surface area contributed by atoms with E-state index in [0.717, 1.165) is 25.5 Å². The van der Waals surface area contributed by atoms with Crippen LogP contribution in [0.15, 0.2) is 4.52 Å². The Balaban J connectivity index is 2.02. The average Bonchev–Trinajstić information content (AvgIpc) is 2.46. The predicted molar refractivity (Wildman–Crippen MR) is 57.3 cm³/mol. The molecule has 0 atom stereocenters. The lowest BCUT2D eigenvalue weighted by Gasteiger charge is -2.36. The van der Waals surface area contributed by atoms with Crippen LogP contribution in [0, 0.1) is 0 Å². The van der Waals surface area contributed by atoms with Crippen LogP contribution in [-0.2, 0) is 22.0 Å². The van der Waals surface area contributed by atoms with Gasteiger partial charge >= 0.3 is 0 Å². The second-order valence-electron chi connectivity index (χ2n) is 4.57. The van der Waals surface area contributed by atoms with E-state index < -0.39 is 9.84 Å². The largest absolute Gasteiger partial charge is 0.339 e. The highest BCUT2D eigenvalue weighted by molar-refractivity contribution is 7.89. The summed E-state index contributed by atoms with van der Waals surface area (Å²) in [5.41, 5.74) is 5.80. The van der Waals surface area contributed by atoms with Gasteiger partial charge in [0.15, 0.2) is 15.7 Å². The third-order valence-corrected chi connectivity index (χ3v) is 3.54. The minimum Gasteiger partial charge on any atom is -0.339 e. The summed E-state index contributed by atoms with van der Waals surface area (Å²) in [6.07, 6.45) is 4.71. The third kappa shape index (κ3) is 2.79. The Bertz CT molecular complexity index is 476. The molecule has 1 heterocycles. The molecule has 0 aromatic carbocycles. The first-order valence-corrected chi connectivity index (χ1v) is 7.20. The van der Waals surface area contributed by atoms with E-state index in [-0.39, 0.29) is 17.1 Å². The molecule has 1 fully saturated rings. The highest BCUT2D eigenvalue weighted by atomic mass is 32.2. The number of nitrogens with two attached hydrogens (primary N) is 1. The maximum Gasteiger partial charge on any atom is 0.228 e. The molecule has 0 radical (unpaired) electrons. The van der Waals surface area contributed by atoms with Crippen LogP contribution < -0.4 is 5.73 Å². The maximum atomic E-state index is 11.0. The Hall–Kier alpha value is -0.950. The lowest BCUT2D eigenvalue weighted by atomic mass is 9.75. The Kier molecular flexibility index (Phi) is 2.75. The molecule has 0 amide bonds. The van der Waals surface area contributed by atoms with E-state index in [9.17, 15) is 8.42 Å². The van der Waals surface area contributed by atoms with Gasteiger partial charge in [0, 0.05) is 18.2 Å². The number of nitrogens with zero attached hydrogens (tertiary/aromatic N) is 2. The number of aromatic nitrogens is 2. The average molecular weight is 245 g/mol. The third-order valence-electron chi connectivity index (χ3n) is 2.75. The van der Waals surface area contributed by atoms with Crippen molar-refractivity contribution in [2.45, 2.75) is 37.0 Å². The van der Waals surface area contributed by atoms with Gasteiger partial charge in [-0.05, 0) is 19.3 Å². The predicted octanol–water partition coefficient (Wildman–Crippen LogP) is 0.0381. The fourth-order valence-electron chi connectivity index (χ4n) is 1.76. The molecule has 1 aromatic rings. The first-order valence-electron chi connectivity index (χ1n) is 5.14. The summed E-state index contributed by atoms with van der Waals surface area (Å²) in [5.74, 6) is 0.454. The Morgan fingerprint density at radius 3 is 2.69 bits per heavy atom. The molecule has 0 saturated heterocycles. The summed E-state index contributed by atoms with van der Waals surface area (Å²) in [5, 5.41) is 3.62. The molecule has 1 saturated carbocycles. The molecule has 1 aromatic heterocycles. The van der Waals surface area contributed by atoms with Crippen LogP contribution in [0.1, 0.15) is 31.0 Å². The van der Waals surface area contributed by atoms with Crippen LogP contribution in [0.3, 0.4) is 0 Å². The summed E-state index contributed by atoms with van der Waals surface area (Å²) in [6, 6.07) is 0. The summed E-state index contributed by atoms with van der Waals surface area (Å²) in [6.45, 7) is 0. The highest BCUT2D eigenvalue weighted by Crippen LogP contribution is 2.31. The number of hydrogen-bond donors (Lipinski definition) is 1. The molecule has 16 heavy (non-hydrogen) atoms. The second-order valence-corrected chi connectivity index (χ2v) is 6.71. The normalized spacial score (nSPS) is 19.4. The molecular weight excluding hydrogens is 230 g/mol. The van der Waals surface area contributed by atoms with Crippen molar-refractivity contribution in [3.63, 3.8) is 0 Å². The zero-order valence-corrected chi connectivity index (χ0v) is 9.96. The maximum absolute atomic E-state index is 11.0. The van der Waals surface area contributed by atoms with Gasteiger partial charge in [0.1, 0.15) is 5.75 Å². The van der Waals surface area contributed by atoms with Gasteiger partial charge in [0.05, 0.1) is 0 Å². The number of sulfone groups is 1. The molecule has 6 nitrogen and oxygen atoms in total. The molecule has 0 spiro atoms. The molecule has 0 unspecified atom stereocenters. The van der Waals surface area contributed by atoms with E-state index in [1.54, 1.807) is 0 Å². The monoisotopic (exact) mass is 245 g/mol. The van der Waals surface area contributed by atoms with Gasteiger partial charge in [0.25, 0.3) is 0 Å². The van der Waals surface area contributed by atoms with E-state index in [0.29, 0.717) is 12.3 Å². The van der Waals surface area contributed by atoms with Gasteiger partial charge in [-0.15, -0.1) is 0 Å². The van der Waals surface area contributed by atoms with Crippen molar-refractivity contribution in [2.24, 2.45) is 5.73 Å². The minimum atomic E-state index is -3.12. The van der Waals surface area contributed by atoms with Crippen molar-refractivity contribution in [3.05, 3.63) is 11.7 Å². The molecule has 0 aliphatic heterocycles. The first-order chi connectivity index (χ1) is 7.36. The van der Waals surface area contributed by atoms with Crippen LogP contribution in [0.25, 0.3) is 0 Å².